The van der Waals surface area contributed by atoms with Crippen LogP contribution in [0.25, 0.3) is 0 Å². The molecule has 1 aromatic carbocycles. The maximum Gasteiger partial charge on any atom is 0.299 e. The van der Waals surface area contributed by atoms with E-state index in [9.17, 15) is 0 Å². The zero-order chi connectivity index (χ0) is 14.4. The van der Waals surface area contributed by atoms with Gasteiger partial charge in [0.25, 0.3) is 5.19 Å². The Morgan fingerprint density at radius 3 is 3.00 bits per heavy atom. The first kappa shape index (κ1) is 15.7. The zero-order valence-corrected chi connectivity index (χ0v) is 13.9. The Bertz CT molecular complexity index is 567. The normalized spacial score (nSPS) is 10.8. The van der Waals surface area contributed by atoms with E-state index < -0.39 is 0 Å². The van der Waals surface area contributed by atoms with E-state index in [2.05, 4.69) is 31.4 Å². The van der Waals surface area contributed by atoms with Gasteiger partial charge in [-0.05, 0) is 18.2 Å². The largest absolute Gasteiger partial charge is 0.428 e. The van der Waals surface area contributed by atoms with Gasteiger partial charge < -0.3 is 14.8 Å². The molecule has 0 fully saturated rings. The topological polar surface area (TPSA) is 56.3 Å². The Morgan fingerprint density at radius 2 is 2.25 bits per heavy atom. The molecule has 0 aliphatic rings. The predicted molar refractivity (Wildman–Crippen MR) is 82.7 cm³/mol. The van der Waals surface area contributed by atoms with Crippen molar-refractivity contribution in [3.8, 4) is 10.9 Å². The molecular weight excluding hydrogens is 366 g/mol. The van der Waals surface area contributed by atoms with Gasteiger partial charge in [0, 0.05) is 24.7 Å². The second-order valence-corrected chi connectivity index (χ2v) is 6.16. The molecule has 0 atom stereocenters. The van der Waals surface area contributed by atoms with Crippen molar-refractivity contribution in [3.63, 3.8) is 0 Å². The van der Waals surface area contributed by atoms with Gasteiger partial charge in [0.05, 0.1) is 11.6 Å². The van der Waals surface area contributed by atoms with Crippen molar-refractivity contribution in [3.05, 3.63) is 32.7 Å². The number of aromatic nitrogens is 2. The van der Waals surface area contributed by atoms with E-state index in [-0.39, 0.29) is 0 Å². The van der Waals surface area contributed by atoms with Gasteiger partial charge in [0.15, 0.2) is 0 Å². The van der Waals surface area contributed by atoms with Gasteiger partial charge in [-0.15, -0.1) is 5.10 Å². The second-order valence-electron chi connectivity index (χ2n) is 3.81. The number of halogens is 2. The summed E-state index contributed by atoms with van der Waals surface area (Å²) in [6.45, 7) is 2.07. The van der Waals surface area contributed by atoms with E-state index in [4.69, 9.17) is 21.1 Å². The molecule has 2 aromatic rings. The summed E-state index contributed by atoms with van der Waals surface area (Å²) in [6, 6.07) is 5.41. The Hall–Kier alpha value is -0.730. The molecule has 1 N–H and O–H groups in total. The van der Waals surface area contributed by atoms with Crippen molar-refractivity contribution < 1.29 is 9.47 Å². The number of ether oxygens (including phenoxy) is 2. The van der Waals surface area contributed by atoms with Gasteiger partial charge in [-0.25, -0.2) is 0 Å². The highest BCUT2D eigenvalue weighted by molar-refractivity contribution is 9.10. The number of benzene rings is 1. The van der Waals surface area contributed by atoms with Gasteiger partial charge in [0.1, 0.15) is 10.8 Å². The van der Waals surface area contributed by atoms with Gasteiger partial charge in [0.2, 0.25) is 0 Å². The molecule has 0 aliphatic carbocycles. The lowest BCUT2D eigenvalue weighted by Gasteiger charge is -2.03. The molecule has 0 saturated heterocycles. The minimum Gasteiger partial charge on any atom is -0.428 e. The molecule has 20 heavy (non-hydrogen) atoms. The van der Waals surface area contributed by atoms with Gasteiger partial charge >= 0.3 is 0 Å². The number of hydrogen-bond donors (Lipinski definition) is 1. The zero-order valence-electron chi connectivity index (χ0n) is 10.7. The van der Waals surface area contributed by atoms with E-state index in [1.165, 1.54) is 11.3 Å². The first-order valence-electron chi connectivity index (χ1n) is 5.84. The van der Waals surface area contributed by atoms with E-state index in [0.29, 0.717) is 29.1 Å². The summed E-state index contributed by atoms with van der Waals surface area (Å²) >= 11 is 10.8. The maximum atomic E-state index is 6.08. The molecule has 5 nitrogen and oxygen atoms in total. The molecular formula is C12H13BrClN3O2S. The molecule has 1 heterocycles. The minimum atomic E-state index is 0.470. The molecule has 0 aliphatic heterocycles. The fourth-order valence-electron chi connectivity index (χ4n) is 1.37. The van der Waals surface area contributed by atoms with Crippen LogP contribution in [0.15, 0.2) is 22.7 Å². The van der Waals surface area contributed by atoms with Crippen LogP contribution in [0.5, 0.6) is 10.9 Å². The van der Waals surface area contributed by atoms with Crippen molar-refractivity contribution in [2.24, 2.45) is 0 Å². The molecule has 0 radical (unpaired) electrons. The highest BCUT2D eigenvalue weighted by Crippen LogP contribution is 2.32. The van der Waals surface area contributed by atoms with E-state index >= 15 is 0 Å². The Kier molecular flexibility index (Phi) is 6.18. The van der Waals surface area contributed by atoms with Crippen LogP contribution in [0, 0.1) is 0 Å². The summed E-state index contributed by atoms with van der Waals surface area (Å²) in [6.07, 6.45) is 0. The van der Waals surface area contributed by atoms with Crippen molar-refractivity contribution >= 4 is 38.9 Å². The monoisotopic (exact) mass is 377 g/mol. The number of nitrogens with one attached hydrogen (secondary N) is 1. The van der Waals surface area contributed by atoms with Crippen LogP contribution in [-0.4, -0.2) is 30.5 Å². The molecule has 0 spiro atoms. The molecule has 108 valence electrons. The molecule has 0 bridgehead atoms. The van der Waals surface area contributed by atoms with Crippen molar-refractivity contribution in [2.75, 3.05) is 20.3 Å². The van der Waals surface area contributed by atoms with Crippen LogP contribution in [0.4, 0.5) is 0 Å². The van der Waals surface area contributed by atoms with E-state index in [1.807, 2.05) is 6.07 Å². The smallest absolute Gasteiger partial charge is 0.299 e. The SMILES string of the molecule is COCCNCc1nnc(Oc2ccc(Br)cc2Cl)s1. The minimum absolute atomic E-state index is 0.470. The van der Waals surface area contributed by atoms with Crippen molar-refractivity contribution in [1.29, 1.82) is 0 Å². The first-order chi connectivity index (χ1) is 9.69. The third-order valence-corrected chi connectivity index (χ3v) is 3.89. The maximum absolute atomic E-state index is 6.08. The predicted octanol–water partition coefficient (Wildman–Crippen LogP) is 3.48. The van der Waals surface area contributed by atoms with Gasteiger partial charge in [-0.3, -0.25) is 0 Å². The van der Waals surface area contributed by atoms with Crippen molar-refractivity contribution in [2.45, 2.75) is 6.54 Å². The van der Waals surface area contributed by atoms with Crippen LogP contribution < -0.4 is 10.1 Å². The van der Waals surface area contributed by atoms with Crippen LogP contribution in [0.3, 0.4) is 0 Å². The quantitative estimate of drug-likeness (QED) is 0.748. The van der Waals surface area contributed by atoms with Gasteiger partial charge in [-0.2, -0.15) is 0 Å². The number of nitrogens with zero attached hydrogens (tertiary/aromatic N) is 2. The molecule has 0 saturated carbocycles. The Labute approximate surface area is 134 Å². The summed E-state index contributed by atoms with van der Waals surface area (Å²) in [5.74, 6) is 0.560. The molecule has 0 unspecified atom stereocenters. The summed E-state index contributed by atoms with van der Waals surface area (Å²) in [5.41, 5.74) is 0. The first-order valence-corrected chi connectivity index (χ1v) is 7.82. The molecule has 8 heteroatoms. The van der Waals surface area contributed by atoms with Crippen LogP contribution >= 0.6 is 38.9 Å². The lowest BCUT2D eigenvalue weighted by Crippen LogP contribution is -2.18. The number of hydrogen-bond acceptors (Lipinski definition) is 6. The summed E-state index contributed by atoms with van der Waals surface area (Å²) < 4.78 is 11.5. The summed E-state index contributed by atoms with van der Waals surface area (Å²) in [5, 5.41) is 13.1. The standard InChI is InChI=1S/C12H13BrClN3O2S/c1-18-5-4-15-7-11-16-17-12(20-11)19-10-3-2-8(13)6-9(10)14/h2-3,6,15H,4-5,7H2,1H3. The highest BCUT2D eigenvalue weighted by Gasteiger charge is 2.09. The lowest BCUT2D eigenvalue weighted by molar-refractivity contribution is 0.199. The van der Waals surface area contributed by atoms with E-state index in [1.54, 1.807) is 19.2 Å². The molecule has 2 rings (SSSR count). The van der Waals surface area contributed by atoms with Crippen LogP contribution in [-0.2, 0) is 11.3 Å². The third-order valence-electron chi connectivity index (χ3n) is 2.30. The number of methoxy groups -OCH3 is 1. The Morgan fingerprint density at radius 1 is 1.40 bits per heavy atom. The fraction of sp³-hybridized carbons (Fsp3) is 0.333. The highest BCUT2D eigenvalue weighted by atomic mass is 79.9. The van der Waals surface area contributed by atoms with Crippen LogP contribution in [0.1, 0.15) is 5.01 Å². The fourth-order valence-corrected chi connectivity index (χ4v) is 2.76. The molecule has 0 amide bonds. The average Bonchev–Trinajstić information content (AvgIpc) is 2.86. The Balaban J connectivity index is 1.92. The van der Waals surface area contributed by atoms with Crippen LogP contribution in [0.2, 0.25) is 5.02 Å². The van der Waals surface area contributed by atoms with Gasteiger partial charge in [-0.1, -0.05) is 44.0 Å². The second kappa shape index (κ2) is 7.90. The molecule has 1 aromatic heterocycles. The third kappa shape index (κ3) is 4.68. The van der Waals surface area contributed by atoms with Crippen molar-refractivity contribution in [1.82, 2.24) is 15.5 Å². The lowest BCUT2D eigenvalue weighted by atomic mass is 10.3. The average molecular weight is 379 g/mol. The summed E-state index contributed by atoms with van der Waals surface area (Å²) in [4.78, 5) is 0. The summed E-state index contributed by atoms with van der Waals surface area (Å²) in [7, 11) is 1.67. The van der Waals surface area contributed by atoms with E-state index in [0.717, 1.165) is 16.0 Å². The number of rotatable bonds is 7.